The summed E-state index contributed by atoms with van der Waals surface area (Å²) in [6.07, 6.45) is 1.61. The van der Waals surface area contributed by atoms with Crippen molar-refractivity contribution in [2.45, 2.75) is 6.92 Å². The zero-order valence-corrected chi connectivity index (χ0v) is 10.7. The van der Waals surface area contributed by atoms with Gasteiger partial charge in [-0.25, -0.2) is 4.98 Å². The van der Waals surface area contributed by atoms with Crippen LogP contribution >= 0.6 is 11.6 Å². The van der Waals surface area contributed by atoms with Crippen molar-refractivity contribution < 1.29 is 9.66 Å². The Bertz CT molecular complexity index is 646. The van der Waals surface area contributed by atoms with Gasteiger partial charge in [0.25, 0.3) is 5.69 Å². The molecular formula is C12H10ClN3O3. The number of nitrogens with two attached hydrogens (primary N) is 1. The quantitative estimate of drug-likeness (QED) is 0.687. The van der Waals surface area contributed by atoms with E-state index in [9.17, 15) is 10.1 Å². The molecule has 1 heterocycles. The molecule has 0 amide bonds. The summed E-state index contributed by atoms with van der Waals surface area (Å²) < 4.78 is 5.44. The number of nitrogens with zero attached hydrogens (tertiary/aromatic N) is 2. The molecule has 2 aromatic rings. The maximum atomic E-state index is 10.6. The van der Waals surface area contributed by atoms with Gasteiger partial charge in [0.05, 0.1) is 10.6 Å². The monoisotopic (exact) mass is 279 g/mol. The number of hydrogen-bond acceptors (Lipinski definition) is 5. The Morgan fingerprint density at radius 2 is 2.16 bits per heavy atom. The van der Waals surface area contributed by atoms with Crippen molar-refractivity contribution in [1.29, 1.82) is 0 Å². The van der Waals surface area contributed by atoms with E-state index < -0.39 is 4.92 Å². The normalized spacial score (nSPS) is 10.2. The predicted molar refractivity (Wildman–Crippen MR) is 71.6 cm³/mol. The van der Waals surface area contributed by atoms with Gasteiger partial charge in [-0.05, 0) is 24.6 Å². The van der Waals surface area contributed by atoms with Crippen molar-refractivity contribution in [3.8, 4) is 11.6 Å². The fourth-order valence-electron chi connectivity index (χ4n) is 1.48. The summed E-state index contributed by atoms with van der Waals surface area (Å²) >= 11 is 5.78. The van der Waals surface area contributed by atoms with Crippen molar-refractivity contribution in [3.63, 3.8) is 0 Å². The van der Waals surface area contributed by atoms with Gasteiger partial charge in [0.15, 0.2) is 0 Å². The fraction of sp³-hybridized carbons (Fsp3) is 0.0833. The maximum Gasteiger partial charge on any atom is 0.288 e. The van der Waals surface area contributed by atoms with Crippen LogP contribution < -0.4 is 10.5 Å². The number of anilines is 1. The van der Waals surface area contributed by atoms with Gasteiger partial charge in [0.1, 0.15) is 10.8 Å². The summed E-state index contributed by atoms with van der Waals surface area (Å²) in [5, 5.41) is 10.6. The molecule has 2 rings (SSSR count). The van der Waals surface area contributed by atoms with Gasteiger partial charge in [-0.3, -0.25) is 10.1 Å². The summed E-state index contributed by atoms with van der Waals surface area (Å²) in [6, 6.07) is 5.77. The van der Waals surface area contributed by atoms with Crippen LogP contribution in [0.2, 0.25) is 5.02 Å². The number of pyridine rings is 1. The summed E-state index contributed by atoms with van der Waals surface area (Å²) in [5.74, 6) is 0.564. The molecule has 1 aromatic carbocycles. The van der Waals surface area contributed by atoms with Gasteiger partial charge >= 0.3 is 0 Å². The SMILES string of the molecule is Cc1cnc(Oc2ccc([N+](=O)[O-])c(Cl)c2)c(N)c1. The highest BCUT2D eigenvalue weighted by atomic mass is 35.5. The molecule has 0 spiro atoms. The van der Waals surface area contributed by atoms with Crippen LogP contribution in [0.3, 0.4) is 0 Å². The molecule has 0 unspecified atom stereocenters. The Hall–Kier alpha value is -2.34. The topological polar surface area (TPSA) is 91.3 Å². The van der Waals surface area contributed by atoms with Crippen LogP contribution in [-0.2, 0) is 0 Å². The van der Waals surface area contributed by atoms with Crippen LogP contribution in [0.5, 0.6) is 11.6 Å². The van der Waals surface area contributed by atoms with Crippen LogP contribution in [-0.4, -0.2) is 9.91 Å². The van der Waals surface area contributed by atoms with E-state index in [1.54, 1.807) is 12.3 Å². The molecule has 6 nitrogen and oxygen atoms in total. The molecule has 0 radical (unpaired) electrons. The molecule has 0 aliphatic heterocycles. The fourth-order valence-corrected chi connectivity index (χ4v) is 1.71. The molecular weight excluding hydrogens is 270 g/mol. The second kappa shape index (κ2) is 5.11. The van der Waals surface area contributed by atoms with Gasteiger partial charge in [-0.2, -0.15) is 0 Å². The number of nitro groups is 1. The smallest absolute Gasteiger partial charge is 0.288 e. The number of nitro benzene ring substituents is 1. The van der Waals surface area contributed by atoms with E-state index in [1.807, 2.05) is 6.92 Å². The van der Waals surface area contributed by atoms with Crippen LogP contribution in [0, 0.1) is 17.0 Å². The maximum absolute atomic E-state index is 10.6. The van der Waals surface area contributed by atoms with E-state index in [0.717, 1.165) is 5.56 Å². The van der Waals surface area contributed by atoms with Crippen LogP contribution in [0.1, 0.15) is 5.56 Å². The Balaban J connectivity index is 2.29. The molecule has 1 aromatic heterocycles. The summed E-state index contributed by atoms with van der Waals surface area (Å²) in [6.45, 7) is 1.86. The molecule has 98 valence electrons. The van der Waals surface area contributed by atoms with Crippen molar-refractivity contribution in [3.05, 3.63) is 51.2 Å². The number of halogens is 1. The lowest BCUT2D eigenvalue weighted by Crippen LogP contribution is -1.96. The Labute approximate surface area is 113 Å². The zero-order valence-electron chi connectivity index (χ0n) is 9.96. The minimum absolute atomic E-state index is 0.00631. The van der Waals surface area contributed by atoms with E-state index >= 15 is 0 Å². The van der Waals surface area contributed by atoms with Crippen molar-refractivity contribution >= 4 is 23.0 Å². The first-order valence-electron chi connectivity index (χ1n) is 5.31. The van der Waals surface area contributed by atoms with Crippen LogP contribution in [0.15, 0.2) is 30.5 Å². The first kappa shape index (κ1) is 13.1. The third kappa shape index (κ3) is 2.92. The number of ether oxygens (including phenoxy) is 1. The first-order valence-corrected chi connectivity index (χ1v) is 5.69. The summed E-state index contributed by atoms with van der Waals surface area (Å²) in [7, 11) is 0. The largest absolute Gasteiger partial charge is 0.437 e. The molecule has 0 saturated heterocycles. The molecule has 7 heteroatoms. The average molecular weight is 280 g/mol. The van der Waals surface area contributed by atoms with Gasteiger partial charge in [0, 0.05) is 18.3 Å². The lowest BCUT2D eigenvalue weighted by molar-refractivity contribution is -0.384. The zero-order chi connectivity index (χ0) is 14.0. The average Bonchev–Trinajstić information content (AvgIpc) is 2.32. The highest BCUT2D eigenvalue weighted by Crippen LogP contribution is 2.32. The second-order valence-corrected chi connectivity index (χ2v) is 4.29. The standard InChI is InChI=1S/C12H10ClN3O3/c1-7-4-10(14)12(15-6-7)19-8-2-3-11(16(17)18)9(13)5-8/h2-6H,14H2,1H3. The van der Waals surface area contributed by atoms with Crippen LogP contribution in [0.4, 0.5) is 11.4 Å². The summed E-state index contributed by atoms with van der Waals surface area (Å²) in [4.78, 5) is 14.1. The molecule has 0 bridgehead atoms. The Morgan fingerprint density at radius 1 is 1.42 bits per heavy atom. The third-order valence-corrected chi connectivity index (χ3v) is 2.65. The van der Waals surface area contributed by atoms with Crippen molar-refractivity contribution in [1.82, 2.24) is 4.98 Å². The number of nitrogen functional groups attached to an aromatic ring is 1. The van der Waals surface area contributed by atoms with E-state index in [1.165, 1.54) is 18.2 Å². The van der Waals surface area contributed by atoms with Gasteiger partial charge in [0.2, 0.25) is 5.88 Å². The lowest BCUT2D eigenvalue weighted by Gasteiger charge is -2.08. The molecule has 19 heavy (non-hydrogen) atoms. The van der Waals surface area contributed by atoms with E-state index in [0.29, 0.717) is 11.4 Å². The first-order chi connectivity index (χ1) is 8.97. The number of hydrogen-bond donors (Lipinski definition) is 1. The van der Waals surface area contributed by atoms with Crippen LogP contribution in [0.25, 0.3) is 0 Å². The number of rotatable bonds is 3. The number of benzene rings is 1. The Kier molecular flexibility index (Phi) is 3.52. The van der Waals surface area contributed by atoms with Crippen molar-refractivity contribution in [2.24, 2.45) is 0 Å². The predicted octanol–water partition coefficient (Wildman–Crippen LogP) is 3.33. The highest BCUT2D eigenvalue weighted by Gasteiger charge is 2.13. The minimum atomic E-state index is -0.565. The lowest BCUT2D eigenvalue weighted by atomic mass is 10.3. The molecule has 0 aliphatic rings. The number of aryl methyl sites for hydroxylation is 1. The van der Waals surface area contributed by atoms with E-state index in [4.69, 9.17) is 22.1 Å². The molecule has 0 aliphatic carbocycles. The van der Waals surface area contributed by atoms with E-state index in [-0.39, 0.29) is 16.6 Å². The number of aromatic nitrogens is 1. The summed E-state index contributed by atoms with van der Waals surface area (Å²) in [5.41, 5.74) is 6.87. The highest BCUT2D eigenvalue weighted by molar-refractivity contribution is 6.32. The molecule has 2 N–H and O–H groups in total. The minimum Gasteiger partial charge on any atom is -0.437 e. The van der Waals surface area contributed by atoms with E-state index in [2.05, 4.69) is 4.98 Å². The Morgan fingerprint density at radius 3 is 2.74 bits per heavy atom. The molecule has 0 saturated carbocycles. The molecule has 0 fully saturated rings. The van der Waals surface area contributed by atoms with Gasteiger partial charge in [-0.1, -0.05) is 11.6 Å². The molecule has 0 atom stereocenters. The third-order valence-electron chi connectivity index (χ3n) is 2.35. The van der Waals surface area contributed by atoms with Crippen molar-refractivity contribution in [2.75, 3.05) is 5.73 Å². The second-order valence-electron chi connectivity index (χ2n) is 3.88. The van der Waals surface area contributed by atoms with Gasteiger partial charge < -0.3 is 10.5 Å². The van der Waals surface area contributed by atoms with Gasteiger partial charge in [-0.15, -0.1) is 0 Å².